The molecule has 1 aromatic rings. The number of rotatable bonds is 6. The predicted octanol–water partition coefficient (Wildman–Crippen LogP) is 4.00. The van der Waals surface area contributed by atoms with Gasteiger partial charge in [0.1, 0.15) is 5.82 Å². The topological polar surface area (TPSA) is 28.6 Å². The lowest BCUT2D eigenvalue weighted by atomic mass is 9.69. The van der Waals surface area contributed by atoms with Crippen molar-refractivity contribution >= 4 is 0 Å². The lowest BCUT2D eigenvalue weighted by Crippen LogP contribution is -2.75. The summed E-state index contributed by atoms with van der Waals surface area (Å²) in [6.45, 7) is 4.96. The van der Waals surface area contributed by atoms with E-state index in [-0.39, 0.29) is 5.82 Å². The van der Waals surface area contributed by atoms with Crippen LogP contribution in [0.3, 0.4) is 0 Å². The van der Waals surface area contributed by atoms with Crippen LogP contribution in [0.4, 0.5) is 4.39 Å². The van der Waals surface area contributed by atoms with E-state index < -0.39 is 0 Å². The number of halogens is 1. The predicted molar refractivity (Wildman–Crippen MR) is 107 cm³/mol. The Morgan fingerprint density at radius 1 is 1.11 bits per heavy atom. The van der Waals surface area contributed by atoms with Crippen LogP contribution >= 0.6 is 0 Å². The fraction of sp³-hybridized carbons (Fsp3) is 0.783. The van der Waals surface area contributed by atoms with Crippen molar-refractivity contribution in [2.24, 2.45) is 5.92 Å². The Morgan fingerprint density at radius 3 is 2.61 bits per heavy atom. The van der Waals surface area contributed by atoms with Crippen LogP contribution in [-0.2, 0) is 11.3 Å². The molecule has 4 aliphatic rings. The minimum absolute atomic E-state index is 0.177. The Kier molecular flexibility index (Phi) is 5.42. The van der Waals surface area contributed by atoms with Crippen LogP contribution in [-0.4, -0.2) is 58.7 Å². The molecule has 0 N–H and O–H groups in total. The van der Waals surface area contributed by atoms with Crippen LogP contribution in [0, 0.1) is 11.7 Å². The molecule has 1 spiro atoms. The molecule has 1 atom stereocenters. The quantitative estimate of drug-likeness (QED) is 0.738. The third-order valence-corrected chi connectivity index (χ3v) is 7.73. The Hall–Kier alpha value is -1.04. The van der Waals surface area contributed by atoms with Crippen LogP contribution in [0.2, 0.25) is 0 Å². The van der Waals surface area contributed by atoms with Gasteiger partial charge < -0.3 is 4.74 Å². The number of hydrogen-bond donors (Lipinski definition) is 0. The number of piperidine rings is 1. The monoisotopic (exact) mass is 387 g/mol. The van der Waals surface area contributed by atoms with E-state index in [9.17, 15) is 4.39 Å². The van der Waals surface area contributed by atoms with Gasteiger partial charge in [0.2, 0.25) is 0 Å². The smallest absolute Gasteiger partial charge is 0.145 e. The molecule has 154 valence electrons. The van der Waals surface area contributed by atoms with E-state index in [2.05, 4.69) is 14.8 Å². The van der Waals surface area contributed by atoms with Crippen molar-refractivity contribution in [2.75, 3.05) is 26.2 Å². The van der Waals surface area contributed by atoms with Gasteiger partial charge in [0.25, 0.3) is 0 Å². The highest BCUT2D eigenvalue weighted by Crippen LogP contribution is 2.48. The molecule has 1 unspecified atom stereocenters. The number of nitrogens with zero attached hydrogens (tertiary/aromatic N) is 3. The first-order chi connectivity index (χ1) is 13.7. The van der Waals surface area contributed by atoms with E-state index in [1.165, 1.54) is 64.0 Å². The molecule has 2 saturated heterocycles. The molecule has 4 fully saturated rings. The van der Waals surface area contributed by atoms with Gasteiger partial charge in [-0.15, -0.1) is 0 Å². The molecule has 3 heterocycles. The average Bonchev–Trinajstić information content (AvgIpc) is 3.55. The number of hydrogen-bond acceptors (Lipinski definition) is 4. The van der Waals surface area contributed by atoms with E-state index in [1.54, 1.807) is 6.20 Å². The summed E-state index contributed by atoms with van der Waals surface area (Å²) in [5.74, 6) is 0.677. The minimum Gasteiger partial charge on any atom is -0.375 e. The molecule has 0 bridgehead atoms. The van der Waals surface area contributed by atoms with Crippen molar-refractivity contribution in [2.45, 2.75) is 82.0 Å². The number of aromatic nitrogens is 1. The van der Waals surface area contributed by atoms with Crippen molar-refractivity contribution in [3.8, 4) is 0 Å². The second-order valence-electron chi connectivity index (χ2n) is 9.56. The molecular weight excluding hydrogens is 353 g/mol. The largest absolute Gasteiger partial charge is 0.375 e. The molecule has 2 aliphatic heterocycles. The first-order valence-corrected chi connectivity index (χ1v) is 11.4. The first kappa shape index (κ1) is 19.0. The maximum absolute atomic E-state index is 13.9. The normalized spacial score (nSPS) is 29.1. The van der Waals surface area contributed by atoms with Crippen molar-refractivity contribution in [1.29, 1.82) is 0 Å². The fourth-order valence-electron chi connectivity index (χ4n) is 5.80. The molecule has 5 heteroatoms. The van der Waals surface area contributed by atoms with Crippen LogP contribution in [0.5, 0.6) is 0 Å². The van der Waals surface area contributed by atoms with Crippen LogP contribution < -0.4 is 0 Å². The number of ether oxygens (including phenoxy) is 1. The van der Waals surface area contributed by atoms with Crippen molar-refractivity contribution in [1.82, 2.24) is 14.8 Å². The van der Waals surface area contributed by atoms with Gasteiger partial charge in [-0.1, -0.05) is 19.3 Å². The second kappa shape index (κ2) is 8.00. The molecule has 0 amide bonds. The highest BCUT2D eigenvalue weighted by atomic mass is 19.1. The average molecular weight is 388 g/mol. The molecule has 4 nitrogen and oxygen atoms in total. The molecule has 2 saturated carbocycles. The zero-order valence-electron chi connectivity index (χ0n) is 17.0. The van der Waals surface area contributed by atoms with Gasteiger partial charge >= 0.3 is 0 Å². The summed E-state index contributed by atoms with van der Waals surface area (Å²) < 4.78 is 20.3. The highest BCUT2D eigenvalue weighted by molar-refractivity contribution is 5.14. The van der Waals surface area contributed by atoms with E-state index in [4.69, 9.17) is 4.74 Å². The van der Waals surface area contributed by atoms with Crippen molar-refractivity contribution in [3.63, 3.8) is 0 Å². The van der Waals surface area contributed by atoms with E-state index in [1.807, 2.05) is 6.07 Å². The lowest BCUT2D eigenvalue weighted by Gasteiger charge is -2.63. The summed E-state index contributed by atoms with van der Waals surface area (Å²) in [6, 6.07) is 2.49. The maximum Gasteiger partial charge on any atom is 0.145 e. The Morgan fingerprint density at radius 2 is 1.89 bits per heavy atom. The summed E-state index contributed by atoms with van der Waals surface area (Å²) in [6.07, 6.45) is 15.4. The van der Waals surface area contributed by atoms with E-state index >= 15 is 0 Å². The van der Waals surface area contributed by atoms with Gasteiger partial charge in [-0.2, -0.15) is 0 Å². The third kappa shape index (κ3) is 3.73. The first-order valence-electron chi connectivity index (χ1n) is 11.4. The molecule has 0 aromatic carbocycles. The Labute approximate surface area is 168 Å². The van der Waals surface area contributed by atoms with E-state index in [0.29, 0.717) is 24.2 Å². The summed E-state index contributed by atoms with van der Waals surface area (Å²) in [4.78, 5) is 9.10. The highest BCUT2D eigenvalue weighted by Gasteiger charge is 2.56. The van der Waals surface area contributed by atoms with E-state index in [0.717, 1.165) is 37.7 Å². The van der Waals surface area contributed by atoms with Gasteiger partial charge in [-0.05, 0) is 63.6 Å². The third-order valence-electron chi connectivity index (χ3n) is 7.73. The standard InChI is InChI=1S/C23H34FN3O/c24-21-14-25-11-6-19(21)15-26-12-7-20(8-13-26)27-16-22(28-17-18-4-5-18)23(27)9-2-1-3-10-23/h6,11,14,18,20,22H,1-5,7-10,12-13,15-17H2. The Balaban J connectivity index is 1.18. The fourth-order valence-corrected chi connectivity index (χ4v) is 5.80. The minimum atomic E-state index is -0.177. The summed E-state index contributed by atoms with van der Waals surface area (Å²) >= 11 is 0. The van der Waals surface area contributed by atoms with Crippen molar-refractivity contribution < 1.29 is 9.13 Å². The number of likely N-dealkylation sites (tertiary alicyclic amines) is 2. The molecule has 2 aliphatic carbocycles. The van der Waals surface area contributed by atoms with Crippen LogP contribution in [0.15, 0.2) is 18.5 Å². The SMILES string of the molecule is Fc1cnccc1CN1CCC(N2CC(OCC3CC3)C23CCCCC3)CC1. The zero-order valence-corrected chi connectivity index (χ0v) is 17.0. The van der Waals surface area contributed by atoms with Crippen LogP contribution in [0.25, 0.3) is 0 Å². The summed E-state index contributed by atoms with van der Waals surface area (Å²) in [5.41, 5.74) is 1.10. The van der Waals surface area contributed by atoms with Gasteiger partial charge in [0.15, 0.2) is 0 Å². The van der Waals surface area contributed by atoms with Gasteiger partial charge in [0, 0.05) is 43.0 Å². The second-order valence-corrected chi connectivity index (χ2v) is 9.56. The molecule has 28 heavy (non-hydrogen) atoms. The summed E-state index contributed by atoms with van der Waals surface area (Å²) in [7, 11) is 0. The molecular formula is C23H34FN3O. The Bertz CT molecular complexity index is 666. The van der Waals surface area contributed by atoms with Crippen molar-refractivity contribution in [3.05, 3.63) is 29.8 Å². The molecule has 5 rings (SSSR count). The molecule has 0 radical (unpaired) electrons. The maximum atomic E-state index is 13.9. The number of pyridine rings is 1. The van der Waals surface area contributed by atoms with Gasteiger partial charge in [0.05, 0.1) is 12.3 Å². The zero-order chi connectivity index (χ0) is 19.0. The summed E-state index contributed by atoms with van der Waals surface area (Å²) in [5, 5.41) is 0. The van der Waals surface area contributed by atoms with Gasteiger partial charge in [-0.3, -0.25) is 14.8 Å². The van der Waals surface area contributed by atoms with Gasteiger partial charge in [-0.25, -0.2) is 4.39 Å². The molecule has 1 aromatic heterocycles. The van der Waals surface area contributed by atoms with Crippen LogP contribution in [0.1, 0.15) is 63.4 Å². The lowest BCUT2D eigenvalue weighted by molar-refractivity contribution is -0.203.